The van der Waals surface area contributed by atoms with Gasteiger partial charge in [-0.15, -0.1) is 0 Å². The molecule has 6 heteroatoms. The highest BCUT2D eigenvalue weighted by atomic mass is 16.8. The number of Topliss-reactive ketones (excluding diaryl/α,β-unsaturated/α-hetero) is 1. The minimum absolute atomic E-state index is 0.0155. The van der Waals surface area contributed by atoms with Crippen LogP contribution in [0.3, 0.4) is 0 Å². The van der Waals surface area contributed by atoms with E-state index in [-0.39, 0.29) is 18.5 Å². The second-order valence-corrected chi connectivity index (χ2v) is 6.32. The third kappa shape index (κ3) is 2.63. The van der Waals surface area contributed by atoms with E-state index in [1.54, 1.807) is 0 Å². The maximum absolute atomic E-state index is 12.2. The lowest BCUT2D eigenvalue weighted by atomic mass is 10.1. The van der Waals surface area contributed by atoms with Crippen LogP contribution >= 0.6 is 0 Å². The molecule has 3 atom stereocenters. The van der Waals surface area contributed by atoms with Gasteiger partial charge in [-0.1, -0.05) is 30.3 Å². The zero-order valence-corrected chi connectivity index (χ0v) is 13.1. The summed E-state index contributed by atoms with van der Waals surface area (Å²) in [5.74, 6) is -0.336. The molecule has 2 saturated heterocycles. The summed E-state index contributed by atoms with van der Waals surface area (Å²) in [4.78, 5) is 12.2. The number of carbonyl (C=O) groups is 1. The van der Waals surface area contributed by atoms with Gasteiger partial charge in [-0.2, -0.15) is 0 Å². The van der Waals surface area contributed by atoms with Gasteiger partial charge in [-0.3, -0.25) is 4.79 Å². The number of carbonyl (C=O) groups excluding carboxylic acids is 1. The molecule has 0 amide bonds. The van der Waals surface area contributed by atoms with Gasteiger partial charge in [0.1, 0.15) is 18.4 Å². The highest BCUT2D eigenvalue weighted by molar-refractivity contribution is 5.97. The van der Waals surface area contributed by atoms with E-state index in [1.807, 2.05) is 44.2 Å². The molecule has 23 heavy (non-hydrogen) atoms. The van der Waals surface area contributed by atoms with Gasteiger partial charge in [0.2, 0.25) is 12.1 Å². The van der Waals surface area contributed by atoms with Crippen molar-refractivity contribution in [2.45, 2.75) is 44.7 Å². The molecule has 0 radical (unpaired) electrons. The number of nitrogens with one attached hydrogen (secondary N) is 1. The van der Waals surface area contributed by atoms with Gasteiger partial charge >= 0.3 is 0 Å². The largest absolute Gasteiger partial charge is 0.461 e. The van der Waals surface area contributed by atoms with Crippen molar-refractivity contribution in [1.29, 1.82) is 0 Å². The van der Waals surface area contributed by atoms with Crippen LogP contribution in [0.15, 0.2) is 41.8 Å². The van der Waals surface area contributed by atoms with E-state index >= 15 is 0 Å². The Morgan fingerprint density at radius 2 is 2.00 bits per heavy atom. The predicted octanol–water partition coefficient (Wildman–Crippen LogP) is 1.46. The van der Waals surface area contributed by atoms with Crippen molar-refractivity contribution in [3.05, 3.63) is 47.4 Å². The van der Waals surface area contributed by atoms with Crippen LogP contribution in [-0.4, -0.2) is 36.7 Å². The summed E-state index contributed by atoms with van der Waals surface area (Å²) in [5, 5.41) is 3.18. The molecule has 0 bridgehead atoms. The van der Waals surface area contributed by atoms with Gasteiger partial charge in [0, 0.05) is 6.54 Å². The van der Waals surface area contributed by atoms with Gasteiger partial charge in [0.05, 0.1) is 0 Å². The minimum atomic E-state index is -0.705. The number of ether oxygens (including phenoxy) is 4. The van der Waals surface area contributed by atoms with Crippen molar-refractivity contribution in [3.8, 4) is 0 Å². The first kappa shape index (κ1) is 14.7. The molecule has 1 N–H and O–H groups in total. The molecule has 0 aromatic heterocycles. The third-order valence-corrected chi connectivity index (χ3v) is 4.12. The van der Waals surface area contributed by atoms with Gasteiger partial charge < -0.3 is 24.3 Å². The van der Waals surface area contributed by atoms with E-state index in [9.17, 15) is 4.79 Å². The van der Waals surface area contributed by atoms with E-state index in [2.05, 4.69) is 5.32 Å². The summed E-state index contributed by atoms with van der Waals surface area (Å²) in [7, 11) is 0. The molecular weight excluding hydrogens is 298 g/mol. The Balaban J connectivity index is 1.56. The lowest BCUT2D eigenvalue weighted by molar-refractivity contribution is -0.193. The molecule has 0 saturated carbocycles. The van der Waals surface area contributed by atoms with E-state index in [1.165, 1.54) is 0 Å². The summed E-state index contributed by atoms with van der Waals surface area (Å²) in [5.41, 5.74) is 1.55. The summed E-state index contributed by atoms with van der Waals surface area (Å²) >= 11 is 0. The quantitative estimate of drug-likeness (QED) is 0.910. The normalized spacial score (nSPS) is 31.6. The van der Waals surface area contributed by atoms with Crippen molar-refractivity contribution < 1.29 is 23.7 Å². The van der Waals surface area contributed by atoms with Crippen molar-refractivity contribution >= 4 is 5.78 Å². The topological polar surface area (TPSA) is 66.0 Å². The maximum atomic E-state index is 12.2. The van der Waals surface area contributed by atoms with E-state index in [0.29, 0.717) is 18.0 Å². The average molecular weight is 317 g/mol. The monoisotopic (exact) mass is 317 g/mol. The van der Waals surface area contributed by atoms with Crippen LogP contribution in [0.5, 0.6) is 0 Å². The van der Waals surface area contributed by atoms with Crippen LogP contribution < -0.4 is 5.32 Å². The van der Waals surface area contributed by atoms with Gasteiger partial charge in [0.25, 0.3) is 0 Å². The summed E-state index contributed by atoms with van der Waals surface area (Å²) in [6.45, 7) is 4.23. The fourth-order valence-corrected chi connectivity index (χ4v) is 3.11. The molecule has 1 aromatic carbocycles. The number of benzene rings is 1. The molecule has 3 aliphatic heterocycles. The number of hydrogen-bond acceptors (Lipinski definition) is 6. The minimum Gasteiger partial charge on any atom is -0.461 e. The van der Waals surface area contributed by atoms with Crippen LogP contribution in [0.2, 0.25) is 0 Å². The molecule has 2 fully saturated rings. The second kappa shape index (κ2) is 5.33. The molecule has 0 aliphatic carbocycles. The first-order valence-corrected chi connectivity index (χ1v) is 7.72. The van der Waals surface area contributed by atoms with Crippen molar-refractivity contribution in [1.82, 2.24) is 5.32 Å². The number of hydrogen-bond donors (Lipinski definition) is 1. The Bertz CT molecular complexity index is 654. The van der Waals surface area contributed by atoms with Gasteiger partial charge in [-0.25, -0.2) is 0 Å². The van der Waals surface area contributed by atoms with E-state index < -0.39 is 18.2 Å². The van der Waals surface area contributed by atoms with Gasteiger partial charge in [0.15, 0.2) is 17.7 Å². The van der Waals surface area contributed by atoms with E-state index in [4.69, 9.17) is 18.9 Å². The third-order valence-electron chi connectivity index (χ3n) is 4.12. The lowest BCUT2D eigenvalue weighted by Crippen LogP contribution is -2.39. The van der Waals surface area contributed by atoms with Crippen molar-refractivity contribution in [3.63, 3.8) is 0 Å². The molecule has 6 nitrogen and oxygen atoms in total. The Hall–Kier alpha value is -1.89. The van der Waals surface area contributed by atoms with Crippen LogP contribution in [0.1, 0.15) is 19.4 Å². The summed E-state index contributed by atoms with van der Waals surface area (Å²) < 4.78 is 23.0. The van der Waals surface area contributed by atoms with Crippen LogP contribution in [0.4, 0.5) is 0 Å². The molecule has 4 rings (SSSR count). The van der Waals surface area contributed by atoms with Crippen molar-refractivity contribution in [2.75, 3.05) is 6.61 Å². The molecule has 1 aromatic rings. The van der Waals surface area contributed by atoms with Crippen LogP contribution in [-0.2, 0) is 30.3 Å². The van der Waals surface area contributed by atoms with Crippen molar-refractivity contribution in [2.24, 2.45) is 0 Å². The average Bonchev–Trinajstić information content (AvgIpc) is 2.99. The second-order valence-electron chi connectivity index (χ2n) is 6.32. The number of ketones is 1. The molecule has 122 valence electrons. The Labute approximate surface area is 134 Å². The molecule has 3 aliphatic rings. The highest BCUT2D eigenvalue weighted by Crippen LogP contribution is 2.42. The highest BCUT2D eigenvalue weighted by Gasteiger charge is 2.56. The first-order valence-electron chi connectivity index (χ1n) is 7.72. The molecule has 3 heterocycles. The smallest absolute Gasteiger partial charge is 0.231 e. The molecular formula is C17H19NO5. The van der Waals surface area contributed by atoms with Crippen LogP contribution in [0, 0.1) is 0 Å². The Morgan fingerprint density at radius 1 is 1.22 bits per heavy atom. The summed E-state index contributed by atoms with van der Waals surface area (Å²) in [6.07, 6.45) is -1.29. The standard InChI is InChI=1S/C17H19NO5/c1-17(2)22-15-14-13(21-16(15)23-17)12(11(19)9-20-14)18-8-10-6-4-3-5-7-10/h3-7,14-16,18H,8-9H2,1-2H3/t14-,15-,16-/m1/s1. The lowest BCUT2D eigenvalue weighted by Gasteiger charge is -2.26. The zero-order chi connectivity index (χ0) is 16.0. The maximum Gasteiger partial charge on any atom is 0.231 e. The van der Waals surface area contributed by atoms with Gasteiger partial charge in [-0.05, 0) is 19.4 Å². The summed E-state index contributed by atoms with van der Waals surface area (Å²) in [6, 6.07) is 9.88. The molecule has 0 unspecified atom stereocenters. The SMILES string of the molecule is CC1(C)O[C@H]2OC3=C(NCc4ccccc4)C(=O)CO[C@H]3[C@H]2O1. The zero-order valence-electron chi connectivity index (χ0n) is 13.1. The molecule has 0 spiro atoms. The van der Waals surface area contributed by atoms with Crippen LogP contribution in [0.25, 0.3) is 0 Å². The predicted molar refractivity (Wildman–Crippen MR) is 80.0 cm³/mol. The Kier molecular flexibility index (Phi) is 3.41. The number of rotatable bonds is 3. The van der Waals surface area contributed by atoms with E-state index in [0.717, 1.165) is 5.56 Å². The first-order chi connectivity index (χ1) is 11.0. The fourth-order valence-electron chi connectivity index (χ4n) is 3.11. The Morgan fingerprint density at radius 3 is 2.78 bits per heavy atom. The fraction of sp³-hybridized carbons (Fsp3) is 0.471. The number of fused-ring (bicyclic) bond motifs is 3.